The second-order valence-electron chi connectivity index (χ2n) is 4.27. The van der Waals surface area contributed by atoms with Gasteiger partial charge >= 0.3 is 5.97 Å². The number of hydrazone groups is 1. The standard InChI is InChI=1S/C13H16N2O2/c1-10-9-12(11-5-3-2-4-6-11)15(14-10)8-7-13(16)17/h2-6,12H,7-9H2,1H3,(H,16,17). The van der Waals surface area contributed by atoms with E-state index >= 15 is 0 Å². The molecule has 1 aliphatic rings. The summed E-state index contributed by atoms with van der Waals surface area (Å²) in [5.41, 5.74) is 2.25. The zero-order chi connectivity index (χ0) is 12.3. The SMILES string of the molecule is CC1=NN(CCC(=O)O)C(c2ccccc2)C1. The Hall–Kier alpha value is -1.84. The minimum Gasteiger partial charge on any atom is -0.481 e. The van der Waals surface area contributed by atoms with E-state index in [1.807, 2.05) is 30.1 Å². The molecule has 2 rings (SSSR count). The maximum atomic E-state index is 10.6. The number of carboxylic acids is 1. The molecule has 0 aliphatic carbocycles. The van der Waals surface area contributed by atoms with Crippen molar-refractivity contribution < 1.29 is 9.90 Å². The quantitative estimate of drug-likeness (QED) is 0.866. The first-order valence-electron chi connectivity index (χ1n) is 5.74. The lowest BCUT2D eigenvalue weighted by Crippen LogP contribution is -2.22. The van der Waals surface area contributed by atoms with Crippen LogP contribution in [0.3, 0.4) is 0 Å². The predicted molar refractivity (Wildman–Crippen MR) is 65.9 cm³/mol. The molecule has 1 N–H and O–H groups in total. The number of hydrogen-bond donors (Lipinski definition) is 1. The second kappa shape index (κ2) is 4.99. The van der Waals surface area contributed by atoms with E-state index in [0.29, 0.717) is 6.54 Å². The number of rotatable bonds is 4. The number of benzene rings is 1. The summed E-state index contributed by atoms with van der Waals surface area (Å²) in [5.74, 6) is -0.781. The Kier molecular flexibility index (Phi) is 3.42. The monoisotopic (exact) mass is 232 g/mol. The largest absolute Gasteiger partial charge is 0.481 e. The van der Waals surface area contributed by atoms with Crippen LogP contribution in [0.2, 0.25) is 0 Å². The molecule has 0 saturated heterocycles. The Morgan fingerprint density at radius 3 is 2.82 bits per heavy atom. The van der Waals surface area contributed by atoms with Crippen LogP contribution in [0.25, 0.3) is 0 Å². The molecule has 1 unspecified atom stereocenters. The van der Waals surface area contributed by atoms with Crippen LogP contribution in [-0.4, -0.2) is 28.3 Å². The third-order valence-corrected chi connectivity index (χ3v) is 2.89. The van der Waals surface area contributed by atoms with E-state index in [-0.39, 0.29) is 12.5 Å². The topological polar surface area (TPSA) is 52.9 Å². The molecule has 1 heterocycles. The smallest absolute Gasteiger partial charge is 0.305 e. The van der Waals surface area contributed by atoms with Crippen molar-refractivity contribution in [3.8, 4) is 0 Å². The molecule has 0 radical (unpaired) electrons. The van der Waals surface area contributed by atoms with Crippen LogP contribution in [-0.2, 0) is 4.79 Å². The summed E-state index contributed by atoms with van der Waals surface area (Å²) in [6.07, 6.45) is 1.00. The third-order valence-electron chi connectivity index (χ3n) is 2.89. The van der Waals surface area contributed by atoms with Crippen molar-refractivity contribution >= 4 is 11.7 Å². The Bertz CT molecular complexity index is 428. The number of nitrogens with zero attached hydrogens (tertiary/aromatic N) is 2. The zero-order valence-electron chi connectivity index (χ0n) is 9.84. The van der Waals surface area contributed by atoms with E-state index in [2.05, 4.69) is 17.2 Å². The van der Waals surface area contributed by atoms with Crippen LogP contribution in [0.5, 0.6) is 0 Å². The van der Waals surface area contributed by atoms with Gasteiger partial charge in [-0.1, -0.05) is 30.3 Å². The van der Waals surface area contributed by atoms with Gasteiger partial charge in [0, 0.05) is 18.7 Å². The molecule has 1 aromatic rings. The van der Waals surface area contributed by atoms with E-state index < -0.39 is 5.97 Å². The van der Waals surface area contributed by atoms with Crippen LogP contribution >= 0.6 is 0 Å². The Morgan fingerprint density at radius 1 is 1.47 bits per heavy atom. The lowest BCUT2D eigenvalue weighted by atomic mass is 10.0. The van der Waals surface area contributed by atoms with Crippen molar-refractivity contribution in [3.05, 3.63) is 35.9 Å². The highest BCUT2D eigenvalue weighted by Gasteiger charge is 2.25. The van der Waals surface area contributed by atoms with Gasteiger partial charge in [0.1, 0.15) is 0 Å². The molecular formula is C13H16N2O2. The minimum atomic E-state index is -0.781. The van der Waals surface area contributed by atoms with Gasteiger partial charge in [-0.15, -0.1) is 0 Å². The Morgan fingerprint density at radius 2 is 2.18 bits per heavy atom. The second-order valence-corrected chi connectivity index (χ2v) is 4.27. The van der Waals surface area contributed by atoms with Crippen molar-refractivity contribution in [2.45, 2.75) is 25.8 Å². The molecule has 0 bridgehead atoms. The predicted octanol–water partition coefficient (Wildman–Crippen LogP) is 2.28. The minimum absolute atomic E-state index is 0.125. The summed E-state index contributed by atoms with van der Waals surface area (Å²) in [4.78, 5) is 10.6. The lowest BCUT2D eigenvalue weighted by Gasteiger charge is -2.23. The normalized spacial score (nSPS) is 19.2. The van der Waals surface area contributed by atoms with Crippen LogP contribution in [0.1, 0.15) is 31.4 Å². The molecule has 17 heavy (non-hydrogen) atoms. The first-order valence-corrected chi connectivity index (χ1v) is 5.74. The van der Waals surface area contributed by atoms with E-state index in [4.69, 9.17) is 5.11 Å². The summed E-state index contributed by atoms with van der Waals surface area (Å²) in [6, 6.07) is 10.3. The maximum Gasteiger partial charge on any atom is 0.305 e. The molecule has 0 saturated carbocycles. The van der Waals surface area contributed by atoms with Gasteiger partial charge in [-0.25, -0.2) is 0 Å². The number of carboxylic acid groups (broad SMARTS) is 1. The van der Waals surface area contributed by atoms with Crippen molar-refractivity contribution in [2.24, 2.45) is 5.10 Å². The van der Waals surface area contributed by atoms with Gasteiger partial charge < -0.3 is 5.11 Å². The molecule has 0 spiro atoms. The molecule has 1 aromatic carbocycles. The third kappa shape index (κ3) is 2.84. The highest BCUT2D eigenvalue weighted by molar-refractivity contribution is 5.83. The van der Waals surface area contributed by atoms with Crippen LogP contribution in [0.15, 0.2) is 35.4 Å². The van der Waals surface area contributed by atoms with E-state index in [0.717, 1.165) is 12.1 Å². The fourth-order valence-electron chi connectivity index (χ4n) is 2.10. The summed E-state index contributed by atoms with van der Waals surface area (Å²) >= 11 is 0. The fraction of sp³-hybridized carbons (Fsp3) is 0.385. The average Bonchev–Trinajstić information content (AvgIpc) is 2.69. The van der Waals surface area contributed by atoms with Gasteiger partial charge in [-0.05, 0) is 12.5 Å². The van der Waals surface area contributed by atoms with Crippen molar-refractivity contribution in [1.29, 1.82) is 0 Å². The summed E-state index contributed by atoms with van der Waals surface area (Å²) < 4.78 is 0. The van der Waals surface area contributed by atoms with Crippen molar-refractivity contribution in [1.82, 2.24) is 5.01 Å². The molecule has 0 fully saturated rings. The molecule has 90 valence electrons. The van der Waals surface area contributed by atoms with Gasteiger partial charge in [0.05, 0.1) is 12.5 Å². The maximum absolute atomic E-state index is 10.6. The first kappa shape index (κ1) is 11.6. The van der Waals surface area contributed by atoms with Crippen LogP contribution in [0.4, 0.5) is 0 Å². The van der Waals surface area contributed by atoms with Gasteiger partial charge in [-0.2, -0.15) is 5.10 Å². The number of aliphatic carboxylic acids is 1. The molecule has 4 nitrogen and oxygen atoms in total. The van der Waals surface area contributed by atoms with Crippen LogP contribution in [0, 0.1) is 0 Å². The molecule has 0 aromatic heterocycles. The van der Waals surface area contributed by atoms with Crippen molar-refractivity contribution in [2.75, 3.05) is 6.54 Å². The van der Waals surface area contributed by atoms with E-state index in [1.54, 1.807) is 0 Å². The lowest BCUT2D eigenvalue weighted by molar-refractivity contribution is -0.137. The molecule has 1 aliphatic heterocycles. The number of carbonyl (C=O) groups is 1. The summed E-state index contributed by atoms with van der Waals surface area (Å²) in [6.45, 7) is 2.45. The Balaban J connectivity index is 2.09. The molecule has 1 atom stereocenters. The molecule has 4 heteroatoms. The van der Waals surface area contributed by atoms with Gasteiger partial charge in [-0.3, -0.25) is 9.80 Å². The molecule has 0 amide bonds. The first-order chi connectivity index (χ1) is 8.16. The summed E-state index contributed by atoms with van der Waals surface area (Å²) in [7, 11) is 0. The Labute approximate surface area is 101 Å². The molecular weight excluding hydrogens is 216 g/mol. The van der Waals surface area contributed by atoms with Gasteiger partial charge in [0.15, 0.2) is 0 Å². The highest BCUT2D eigenvalue weighted by Crippen LogP contribution is 2.30. The number of hydrogen-bond acceptors (Lipinski definition) is 3. The van der Waals surface area contributed by atoms with Crippen LogP contribution < -0.4 is 0 Å². The zero-order valence-corrected chi connectivity index (χ0v) is 9.84. The van der Waals surface area contributed by atoms with Crippen molar-refractivity contribution in [3.63, 3.8) is 0 Å². The van der Waals surface area contributed by atoms with E-state index in [1.165, 1.54) is 5.56 Å². The van der Waals surface area contributed by atoms with Gasteiger partial charge in [0.25, 0.3) is 0 Å². The average molecular weight is 232 g/mol. The van der Waals surface area contributed by atoms with E-state index in [9.17, 15) is 4.79 Å². The van der Waals surface area contributed by atoms with Gasteiger partial charge in [0.2, 0.25) is 0 Å². The fourth-order valence-corrected chi connectivity index (χ4v) is 2.10. The highest BCUT2D eigenvalue weighted by atomic mass is 16.4. The summed E-state index contributed by atoms with van der Waals surface area (Å²) in [5, 5.41) is 15.0.